The minimum atomic E-state index is -4.34. The van der Waals surface area contributed by atoms with Crippen LogP contribution in [-0.2, 0) is 35.0 Å². The molecule has 0 aliphatic heterocycles. The van der Waals surface area contributed by atoms with E-state index in [9.17, 15) is 22.8 Å². The SMILES string of the molecule is CCc1cc(CC)c(C2C(=O)CC(CCSc3ccc(C(F)(F)F)cc3)CC2=O)c(CC)c1. The zero-order valence-electron chi connectivity index (χ0n) is 19.4. The largest absolute Gasteiger partial charge is 0.416 e. The van der Waals surface area contributed by atoms with Crippen molar-refractivity contribution >= 4 is 23.3 Å². The van der Waals surface area contributed by atoms with E-state index in [1.54, 1.807) is 0 Å². The summed E-state index contributed by atoms with van der Waals surface area (Å²) in [6, 6.07) is 9.39. The Morgan fingerprint density at radius 2 is 1.42 bits per heavy atom. The van der Waals surface area contributed by atoms with Crippen LogP contribution in [0.25, 0.3) is 0 Å². The molecule has 0 radical (unpaired) electrons. The van der Waals surface area contributed by atoms with E-state index in [1.807, 2.05) is 0 Å². The number of hydrogen-bond donors (Lipinski definition) is 0. The molecular weight excluding hydrogens is 445 g/mol. The molecule has 33 heavy (non-hydrogen) atoms. The quantitative estimate of drug-likeness (QED) is 0.298. The molecule has 0 amide bonds. The molecule has 0 N–H and O–H groups in total. The van der Waals surface area contributed by atoms with E-state index in [0.29, 0.717) is 25.0 Å². The molecule has 0 spiro atoms. The van der Waals surface area contributed by atoms with E-state index in [4.69, 9.17) is 0 Å². The van der Waals surface area contributed by atoms with Crippen LogP contribution in [0.4, 0.5) is 13.2 Å². The van der Waals surface area contributed by atoms with Crippen LogP contribution in [0.5, 0.6) is 0 Å². The Labute approximate surface area is 198 Å². The van der Waals surface area contributed by atoms with Crippen molar-refractivity contribution in [2.75, 3.05) is 5.75 Å². The zero-order chi connectivity index (χ0) is 24.2. The lowest BCUT2D eigenvalue weighted by Crippen LogP contribution is -2.33. The summed E-state index contributed by atoms with van der Waals surface area (Å²) in [5.41, 5.74) is 3.72. The van der Waals surface area contributed by atoms with E-state index in [0.717, 1.165) is 53.0 Å². The van der Waals surface area contributed by atoms with Gasteiger partial charge in [-0.2, -0.15) is 13.2 Å². The van der Waals surface area contributed by atoms with E-state index >= 15 is 0 Å². The van der Waals surface area contributed by atoms with Gasteiger partial charge in [-0.1, -0.05) is 32.9 Å². The Hall–Kier alpha value is -2.08. The van der Waals surface area contributed by atoms with Crippen LogP contribution in [-0.4, -0.2) is 17.3 Å². The highest BCUT2D eigenvalue weighted by molar-refractivity contribution is 7.99. The first kappa shape index (κ1) is 25.5. The van der Waals surface area contributed by atoms with Crippen molar-refractivity contribution in [1.29, 1.82) is 0 Å². The molecule has 2 aromatic carbocycles. The Morgan fingerprint density at radius 3 is 1.88 bits per heavy atom. The third-order valence-electron chi connectivity index (χ3n) is 6.47. The first-order valence-electron chi connectivity index (χ1n) is 11.7. The number of ketones is 2. The van der Waals surface area contributed by atoms with Gasteiger partial charge in [0, 0.05) is 17.7 Å². The number of Topliss-reactive ketones (excluding diaryl/α,β-unsaturated/α-hetero) is 2. The van der Waals surface area contributed by atoms with E-state index in [2.05, 4.69) is 32.9 Å². The molecule has 0 bridgehead atoms. The Balaban J connectivity index is 1.65. The third-order valence-corrected chi connectivity index (χ3v) is 7.52. The average Bonchev–Trinajstić information content (AvgIpc) is 2.78. The third kappa shape index (κ3) is 6.08. The molecule has 2 nitrogen and oxygen atoms in total. The molecular formula is C27H31F3O2S. The molecule has 1 aliphatic carbocycles. The number of thioether (sulfide) groups is 1. The lowest BCUT2D eigenvalue weighted by atomic mass is 9.72. The molecule has 1 saturated carbocycles. The molecule has 3 rings (SSSR count). The number of carbonyl (C=O) groups is 2. The first-order valence-corrected chi connectivity index (χ1v) is 12.7. The molecule has 1 fully saturated rings. The fraction of sp³-hybridized carbons (Fsp3) is 0.481. The molecule has 178 valence electrons. The lowest BCUT2D eigenvalue weighted by Gasteiger charge is -2.29. The van der Waals surface area contributed by atoms with Gasteiger partial charge < -0.3 is 0 Å². The number of alkyl halides is 3. The second-order valence-electron chi connectivity index (χ2n) is 8.69. The number of hydrogen-bond acceptors (Lipinski definition) is 3. The lowest BCUT2D eigenvalue weighted by molar-refractivity contribution is -0.137. The summed E-state index contributed by atoms with van der Waals surface area (Å²) < 4.78 is 38.1. The van der Waals surface area contributed by atoms with Gasteiger partial charge in [0.25, 0.3) is 0 Å². The molecule has 0 heterocycles. The topological polar surface area (TPSA) is 34.1 Å². The normalized spacial score (nSPS) is 19.2. The molecule has 6 heteroatoms. The highest BCUT2D eigenvalue weighted by atomic mass is 32.2. The van der Waals surface area contributed by atoms with Gasteiger partial charge in [0.1, 0.15) is 17.5 Å². The maximum absolute atomic E-state index is 13.1. The summed E-state index contributed by atoms with van der Waals surface area (Å²) in [6.07, 6.45) is -0.384. The zero-order valence-corrected chi connectivity index (χ0v) is 20.2. The predicted molar refractivity (Wildman–Crippen MR) is 127 cm³/mol. The average molecular weight is 477 g/mol. The number of carbonyl (C=O) groups excluding carboxylic acids is 2. The van der Waals surface area contributed by atoms with Gasteiger partial charge in [0.15, 0.2) is 0 Å². The van der Waals surface area contributed by atoms with Crippen molar-refractivity contribution in [3.63, 3.8) is 0 Å². The monoisotopic (exact) mass is 476 g/mol. The van der Waals surface area contributed by atoms with Crippen molar-refractivity contribution in [3.05, 3.63) is 64.2 Å². The van der Waals surface area contributed by atoms with Crippen LogP contribution in [0, 0.1) is 5.92 Å². The number of rotatable bonds is 8. The minimum Gasteiger partial charge on any atom is -0.299 e. The number of benzene rings is 2. The molecule has 0 unspecified atom stereocenters. The first-order chi connectivity index (χ1) is 15.7. The van der Waals surface area contributed by atoms with Gasteiger partial charge in [-0.15, -0.1) is 11.8 Å². The van der Waals surface area contributed by atoms with Crippen molar-refractivity contribution in [2.24, 2.45) is 5.92 Å². The van der Waals surface area contributed by atoms with Crippen LogP contribution in [0.15, 0.2) is 41.3 Å². The summed E-state index contributed by atoms with van der Waals surface area (Å²) in [7, 11) is 0. The maximum Gasteiger partial charge on any atom is 0.416 e. The number of halogens is 3. The van der Waals surface area contributed by atoms with Crippen LogP contribution >= 0.6 is 11.8 Å². The molecule has 0 saturated heterocycles. The molecule has 2 aromatic rings. The Morgan fingerprint density at radius 1 is 0.879 bits per heavy atom. The van der Waals surface area contributed by atoms with Gasteiger partial charge >= 0.3 is 6.18 Å². The molecule has 0 atom stereocenters. The van der Waals surface area contributed by atoms with Gasteiger partial charge in [-0.05, 0) is 83.9 Å². The van der Waals surface area contributed by atoms with Crippen LogP contribution in [0.2, 0.25) is 0 Å². The summed E-state index contributed by atoms with van der Waals surface area (Å²) in [6.45, 7) is 6.24. The second-order valence-corrected chi connectivity index (χ2v) is 9.86. The van der Waals surface area contributed by atoms with Crippen LogP contribution < -0.4 is 0 Å². The summed E-state index contributed by atoms with van der Waals surface area (Å²) in [4.78, 5) is 27.0. The van der Waals surface area contributed by atoms with Crippen LogP contribution in [0.3, 0.4) is 0 Å². The van der Waals surface area contributed by atoms with Crippen LogP contribution in [0.1, 0.15) is 73.8 Å². The van der Waals surface area contributed by atoms with Gasteiger partial charge in [0.2, 0.25) is 0 Å². The van der Waals surface area contributed by atoms with E-state index in [1.165, 1.54) is 29.5 Å². The Kier molecular flexibility index (Phi) is 8.43. The summed E-state index contributed by atoms with van der Waals surface area (Å²) in [5, 5.41) is 0. The van der Waals surface area contributed by atoms with Crippen molar-refractivity contribution in [1.82, 2.24) is 0 Å². The van der Waals surface area contributed by atoms with E-state index < -0.39 is 17.7 Å². The fourth-order valence-corrected chi connectivity index (χ4v) is 5.69. The van der Waals surface area contributed by atoms with Gasteiger partial charge in [-0.3, -0.25) is 9.59 Å². The second kappa shape index (κ2) is 10.9. The molecule has 1 aliphatic rings. The summed E-state index contributed by atoms with van der Waals surface area (Å²) in [5.74, 6) is 0.00844. The predicted octanol–water partition coefficient (Wildman–Crippen LogP) is 7.21. The van der Waals surface area contributed by atoms with Gasteiger partial charge in [0.05, 0.1) is 5.56 Å². The highest BCUT2D eigenvalue weighted by Gasteiger charge is 2.38. The highest BCUT2D eigenvalue weighted by Crippen LogP contribution is 2.38. The van der Waals surface area contributed by atoms with E-state index in [-0.39, 0.29) is 17.5 Å². The standard InChI is InChI=1S/C27H31F3O2S/c1-4-17-13-19(5-2)25(20(6-3)14-17)26-23(31)15-18(16-24(26)32)11-12-33-22-9-7-21(8-10-22)27(28,29)30/h7-10,13-14,18,26H,4-6,11-12,15-16H2,1-3H3. The Bertz CT molecular complexity index is 952. The smallest absolute Gasteiger partial charge is 0.299 e. The maximum atomic E-state index is 13.1. The van der Waals surface area contributed by atoms with Crippen molar-refractivity contribution in [3.8, 4) is 0 Å². The van der Waals surface area contributed by atoms with Crippen molar-refractivity contribution < 1.29 is 22.8 Å². The fourth-order valence-electron chi connectivity index (χ4n) is 4.68. The number of aryl methyl sites for hydroxylation is 3. The van der Waals surface area contributed by atoms with Gasteiger partial charge in [-0.25, -0.2) is 0 Å². The van der Waals surface area contributed by atoms with Crippen molar-refractivity contribution in [2.45, 2.75) is 76.3 Å². The summed E-state index contributed by atoms with van der Waals surface area (Å²) >= 11 is 1.46. The molecule has 0 aromatic heterocycles. The minimum absolute atomic E-state index is 0.00410.